The van der Waals surface area contributed by atoms with Gasteiger partial charge < -0.3 is 14.0 Å². The zero-order valence-corrected chi connectivity index (χ0v) is 17.1. The highest BCUT2D eigenvalue weighted by Crippen LogP contribution is 2.40. The number of imide groups is 1. The Labute approximate surface area is 179 Å². The van der Waals surface area contributed by atoms with Crippen molar-refractivity contribution in [2.24, 2.45) is 0 Å². The number of piperidine rings is 1. The predicted octanol–water partition coefficient (Wildman–Crippen LogP) is 3.48. The Kier molecular flexibility index (Phi) is 4.23. The van der Waals surface area contributed by atoms with Gasteiger partial charge >= 0.3 is 0 Å². The summed E-state index contributed by atoms with van der Waals surface area (Å²) in [6, 6.07) is 9.82. The molecular formula is C24H23N3O4. The lowest BCUT2D eigenvalue weighted by Gasteiger charge is -2.30. The Balaban J connectivity index is 1.44. The van der Waals surface area contributed by atoms with E-state index in [1.54, 1.807) is 6.20 Å². The van der Waals surface area contributed by atoms with Crippen LogP contribution < -0.4 is 5.32 Å². The van der Waals surface area contributed by atoms with Crippen molar-refractivity contribution in [3.8, 4) is 0 Å². The molecule has 4 heterocycles. The Morgan fingerprint density at radius 1 is 1.10 bits per heavy atom. The maximum absolute atomic E-state index is 12.6. The SMILES string of the molecule is O=C1CCC(n2c3ccc(C4=CCC5(CC4)OCCO5)cc3c3ncccc32)C(=O)N1. The molecule has 6 rings (SSSR count). The summed E-state index contributed by atoms with van der Waals surface area (Å²) in [5.74, 6) is -0.892. The molecule has 1 N–H and O–H groups in total. The van der Waals surface area contributed by atoms with Crippen LogP contribution in [0.2, 0.25) is 0 Å². The number of nitrogens with zero attached hydrogens (tertiary/aromatic N) is 2. The number of benzene rings is 1. The number of fused-ring (bicyclic) bond motifs is 3. The van der Waals surface area contributed by atoms with Crippen LogP contribution in [0, 0.1) is 0 Å². The summed E-state index contributed by atoms with van der Waals surface area (Å²) in [7, 11) is 0. The zero-order valence-electron chi connectivity index (χ0n) is 17.1. The standard InChI is InChI=1S/C24H23N3O4/c28-21-6-5-20(23(29)26-21)27-18-4-3-16(14-17(18)22-19(27)2-1-11-25-22)15-7-9-24(10-8-15)30-12-13-31-24/h1-4,7,11,14,20H,5-6,8-10,12-13H2,(H,26,28,29). The van der Waals surface area contributed by atoms with E-state index in [0.717, 1.165) is 46.8 Å². The van der Waals surface area contributed by atoms with E-state index < -0.39 is 11.8 Å². The molecule has 2 saturated heterocycles. The normalized spacial score (nSPS) is 23.5. The van der Waals surface area contributed by atoms with Crippen LogP contribution in [0.5, 0.6) is 0 Å². The fourth-order valence-electron chi connectivity index (χ4n) is 5.16. The quantitative estimate of drug-likeness (QED) is 0.646. The van der Waals surface area contributed by atoms with Gasteiger partial charge in [0.15, 0.2) is 5.79 Å². The van der Waals surface area contributed by atoms with Crippen molar-refractivity contribution in [3.63, 3.8) is 0 Å². The second-order valence-electron chi connectivity index (χ2n) is 8.48. The maximum Gasteiger partial charge on any atom is 0.249 e. The van der Waals surface area contributed by atoms with Gasteiger partial charge in [0.05, 0.1) is 29.8 Å². The van der Waals surface area contributed by atoms with E-state index in [9.17, 15) is 9.59 Å². The lowest BCUT2D eigenvalue weighted by atomic mass is 9.89. The Bertz CT molecular complexity index is 1250. The first-order valence-corrected chi connectivity index (χ1v) is 10.8. The van der Waals surface area contributed by atoms with Gasteiger partial charge in [0.25, 0.3) is 0 Å². The van der Waals surface area contributed by atoms with Crippen LogP contribution in [0.3, 0.4) is 0 Å². The first-order valence-electron chi connectivity index (χ1n) is 10.8. The molecule has 2 aromatic heterocycles. The van der Waals surface area contributed by atoms with Gasteiger partial charge in [-0.25, -0.2) is 0 Å². The molecule has 3 aliphatic rings. The summed E-state index contributed by atoms with van der Waals surface area (Å²) in [5, 5.41) is 3.50. The average Bonchev–Trinajstić information content (AvgIpc) is 3.37. The molecule has 2 amide bonds. The van der Waals surface area contributed by atoms with Crippen LogP contribution in [-0.2, 0) is 19.1 Å². The van der Waals surface area contributed by atoms with Gasteiger partial charge in [-0.05, 0) is 48.2 Å². The van der Waals surface area contributed by atoms with Crippen LogP contribution in [0.1, 0.15) is 43.7 Å². The molecule has 1 spiro atoms. The second kappa shape index (κ2) is 7.00. The molecule has 0 bridgehead atoms. The molecule has 0 radical (unpaired) electrons. The number of ether oxygens (including phenoxy) is 2. The minimum absolute atomic E-state index is 0.209. The van der Waals surface area contributed by atoms with E-state index in [4.69, 9.17) is 9.47 Å². The van der Waals surface area contributed by atoms with Crippen LogP contribution in [0.25, 0.3) is 27.5 Å². The lowest BCUT2D eigenvalue weighted by Crippen LogP contribution is -2.41. The largest absolute Gasteiger partial charge is 0.347 e. The van der Waals surface area contributed by atoms with Crippen LogP contribution in [0.15, 0.2) is 42.6 Å². The minimum atomic E-state index is -0.434. The number of carbonyl (C=O) groups is 2. The summed E-state index contributed by atoms with van der Waals surface area (Å²) < 4.78 is 13.7. The molecule has 158 valence electrons. The number of aromatic nitrogens is 2. The van der Waals surface area contributed by atoms with Crippen molar-refractivity contribution in [2.45, 2.75) is 43.9 Å². The summed E-state index contributed by atoms with van der Waals surface area (Å²) in [5.41, 5.74) is 5.19. The summed E-state index contributed by atoms with van der Waals surface area (Å²) in [6.45, 7) is 1.33. The maximum atomic E-state index is 12.6. The molecule has 3 aromatic rings. The molecule has 0 saturated carbocycles. The predicted molar refractivity (Wildman–Crippen MR) is 115 cm³/mol. The third-order valence-corrected chi connectivity index (χ3v) is 6.70. The molecule has 7 heteroatoms. The molecule has 1 aromatic carbocycles. The fraction of sp³-hybridized carbons (Fsp3) is 0.375. The van der Waals surface area contributed by atoms with Crippen molar-refractivity contribution in [3.05, 3.63) is 48.2 Å². The number of allylic oxidation sites excluding steroid dienone is 1. The van der Waals surface area contributed by atoms with Gasteiger partial charge in [-0.2, -0.15) is 0 Å². The first-order chi connectivity index (χ1) is 15.1. The Morgan fingerprint density at radius 2 is 1.97 bits per heavy atom. The van der Waals surface area contributed by atoms with E-state index in [1.807, 2.05) is 16.7 Å². The number of hydrogen-bond donors (Lipinski definition) is 1. The van der Waals surface area contributed by atoms with Gasteiger partial charge in [-0.3, -0.25) is 19.9 Å². The van der Waals surface area contributed by atoms with Crippen molar-refractivity contribution >= 4 is 39.3 Å². The van der Waals surface area contributed by atoms with Gasteiger partial charge in [0, 0.05) is 30.8 Å². The number of hydrogen-bond acceptors (Lipinski definition) is 5. The molecule has 2 aliphatic heterocycles. The minimum Gasteiger partial charge on any atom is -0.347 e. The highest BCUT2D eigenvalue weighted by atomic mass is 16.7. The summed E-state index contributed by atoms with van der Waals surface area (Å²) >= 11 is 0. The molecule has 31 heavy (non-hydrogen) atoms. The van der Waals surface area contributed by atoms with E-state index in [0.29, 0.717) is 26.1 Å². The average molecular weight is 417 g/mol. The Morgan fingerprint density at radius 3 is 2.74 bits per heavy atom. The topological polar surface area (TPSA) is 82.5 Å². The zero-order chi connectivity index (χ0) is 21.0. The van der Waals surface area contributed by atoms with Crippen LogP contribution in [-0.4, -0.2) is 40.4 Å². The van der Waals surface area contributed by atoms with E-state index in [2.05, 4.69) is 34.6 Å². The molecule has 1 unspecified atom stereocenters. The molecule has 2 fully saturated rings. The van der Waals surface area contributed by atoms with Crippen molar-refractivity contribution in [1.29, 1.82) is 0 Å². The van der Waals surface area contributed by atoms with Crippen molar-refractivity contribution in [2.75, 3.05) is 13.2 Å². The molecule has 1 aliphatic carbocycles. The van der Waals surface area contributed by atoms with E-state index in [1.165, 1.54) is 5.57 Å². The van der Waals surface area contributed by atoms with Crippen molar-refractivity contribution in [1.82, 2.24) is 14.9 Å². The van der Waals surface area contributed by atoms with Crippen LogP contribution >= 0.6 is 0 Å². The van der Waals surface area contributed by atoms with Crippen molar-refractivity contribution < 1.29 is 19.1 Å². The molecular weight excluding hydrogens is 394 g/mol. The number of amides is 2. The van der Waals surface area contributed by atoms with Gasteiger partial charge in [-0.1, -0.05) is 12.1 Å². The first kappa shape index (κ1) is 18.7. The fourth-order valence-corrected chi connectivity index (χ4v) is 5.16. The number of rotatable bonds is 2. The van der Waals surface area contributed by atoms with E-state index >= 15 is 0 Å². The van der Waals surface area contributed by atoms with Crippen LogP contribution in [0.4, 0.5) is 0 Å². The van der Waals surface area contributed by atoms with Gasteiger partial charge in [0.1, 0.15) is 6.04 Å². The monoisotopic (exact) mass is 417 g/mol. The van der Waals surface area contributed by atoms with E-state index in [-0.39, 0.29) is 11.8 Å². The highest BCUT2D eigenvalue weighted by molar-refractivity contribution is 6.09. The summed E-state index contributed by atoms with van der Waals surface area (Å²) in [4.78, 5) is 28.9. The Hall–Kier alpha value is -3.03. The molecule has 1 atom stereocenters. The number of nitrogens with one attached hydrogen (secondary N) is 1. The smallest absolute Gasteiger partial charge is 0.249 e. The third-order valence-electron chi connectivity index (χ3n) is 6.70. The lowest BCUT2D eigenvalue weighted by molar-refractivity contribution is -0.159. The third kappa shape index (κ3) is 2.99. The van der Waals surface area contributed by atoms with Gasteiger partial charge in [0.2, 0.25) is 11.8 Å². The second-order valence-corrected chi connectivity index (χ2v) is 8.48. The number of carbonyl (C=O) groups excluding carboxylic acids is 2. The highest BCUT2D eigenvalue weighted by Gasteiger charge is 2.38. The number of pyridine rings is 1. The summed E-state index contributed by atoms with van der Waals surface area (Å²) in [6.07, 6.45) is 7.35. The molecule has 7 nitrogen and oxygen atoms in total. The van der Waals surface area contributed by atoms with Gasteiger partial charge in [-0.15, -0.1) is 0 Å².